The smallest absolute Gasteiger partial charge is 0.189 e. The Morgan fingerprint density at radius 2 is 1.25 bits per heavy atom. The molecule has 2 aromatic heterocycles. The van der Waals surface area contributed by atoms with E-state index in [0.29, 0.717) is 12.8 Å². The lowest BCUT2D eigenvalue weighted by Crippen LogP contribution is -2.08. The number of Topliss-reactive ketones (excluding diaryl/α,β-unsaturated/α-hetero) is 2. The topological polar surface area (TPSA) is 59.9 Å². The second-order valence-electron chi connectivity index (χ2n) is 13.6. The summed E-state index contributed by atoms with van der Waals surface area (Å²) in [4.78, 5) is 35.9. The lowest BCUT2D eigenvalue weighted by Gasteiger charge is -2.18. The van der Waals surface area contributed by atoms with Crippen LogP contribution in [-0.4, -0.2) is 21.5 Å². The van der Waals surface area contributed by atoms with E-state index in [1.807, 2.05) is 66.8 Å². The third-order valence-electron chi connectivity index (χ3n) is 10.3. The summed E-state index contributed by atoms with van der Waals surface area (Å²) in [5.41, 5.74) is 10.9. The molecule has 7 aromatic rings. The molecule has 2 heterocycles. The summed E-state index contributed by atoms with van der Waals surface area (Å²) in [6.45, 7) is 0. The summed E-state index contributed by atoms with van der Waals surface area (Å²) >= 11 is 3.46. The first-order valence-corrected chi connectivity index (χ1v) is 19.1. The lowest BCUT2D eigenvalue weighted by atomic mass is 9.88. The Morgan fingerprint density at radius 3 is 1.98 bits per heavy atom. The number of hydrogen-bond donors (Lipinski definition) is 0. The van der Waals surface area contributed by atoms with Gasteiger partial charge in [-0.2, -0.15) is 0 Å². The molecule has 3 aliphatic rings. The van der Waals surface area contributed by atoms with E-state index < -0.39 is 0 Å². The van der Waals surface area contributed by atoms with E-state index in [-0.39, 0.29) is 17.5 Å². The van der Waals surface area contributed by atoms with Gasteiger partial charge >= 0.3 is 0 Å². The molecule has 4 nitrogen and oxygen atoms in total. The maximum absolute atomic E-state index is 12.9. The highest BCUT2D eigenvalue weighted by Crippen LogP contribution is 2.39. The van der Waals surface area contributed by atoms with Crippen molar-refractivity contribution in [2.75, 3.05) is 0 Å². The van der Waals surface area contributed by atoms with Crippen LogP contribution < -0.4 is 0 Å². The Labute approximate surface area is 308 Å². The highest BCUT2D eigenvalue weighted by atomic mass is 32.1. The van der Waals surface area contributed by atoms with E-state index in [1.54, 1.807) is 22.7 Å². The van der Waals surface area contributed by atoms with Crippen molar-refractivity contribution >= 4 is 71.5 Å². The van der Waals surface area contributed by atoms with Crippen molar-refractivity contribution in [3.8, 4) is 21.7 Å². The van der Waals surface area contributed by atoms with Crippen molar-refractivity contribution < 1.29 is 9.59 Å². The number of rotatable bonds is 7. The van der Waals surface area contributed by atoms with Crippen molar-refractivity contribution in [1.82, 2.24) is 9.97 Å². The number of aromatic nitrogens is 2. The first-order chi connectivity index (χ1) is 25.5. The first kappa shape index (κ1) is 31.0. The van der Waals surface area contributed by atoms with Gasteiger partial charge < -0.3 is 0 Å². The van der Waals surface area contributed by atoms with Gasteiger partial charge in [0.15, 0.2) is 11.6 Å². The fourth-order valence-corrected chi connectivity index (χ4v) is 9.49. The monoisotopic (exact) mass is 706 g/mol. The molecular weight excluding hydrogens is 677 g/mol. The Balaban J connectivity index is 0.882. The van der Waals surface area contributed by atoms with Crippen LogP contribution in [-0.2, 0) is 6.42 Å². The Kier molecular flexibility index (Phi) is 7.41. The molecule has 0 bridgehead atoms. The summed E-state index contributed by atoms with van der Waals surface area (Å²) < 4.78 is 2.32. The van der Waals surface area contributed by atoms with Gasteiger partial charge in [-0.1, -0.05) is 97.1 Å². The minimum Gasteiger partial charge on any atom is -0.289 e. The number of allylic oxidation sites excluding steroid dienone is 9. The molecule has 0 amide bonds. The Hall–Kier alpha value is -5.82. The number of fused-ring (bicyclic) bond motifs is 4. The van der Waals surface area contributed by atoms with Crippen molar-refractivity contribution in [2.45, 2.75) is 25.2 Å². The molecule has 1 unspecified atom stereocenters. The number of hydrogen-bond acceptors (Lipinski definition) is 6. The molecular formula is C46H30N2O2S2. The van der Waals surface area contributed by atoms with Gasteiger partial charge in [-0.3, -0.25) is 9.59 Å². The highest BCUT2D eigenvalue weighted by molar-refractivity contribution is 7.21. The first-order valence-electron chi connectivity index (χ1n) is 17.5. The van der Waals surface area contributed by atoms with E-state index in [9.17, 15) is 9.59 Å². The van der Waals surface area contributed by atoms with Crippen molar-refractivity contribution in [3.63, 3.8) is 0 Å². The van der Waals surface area contributed by atoms with Crippen LogP contribution >= 0.6 is 22.7 Å². The van der Waals surface area contributed by atoms with Gasteiger partial charge in [-0.05, 0) is 94.8 Å². The number of carbonyl (C=O) groups excluding carboxylic acids is 2. The molecule has 5 aromatic carbocycles. The standard InChI is InChI=1S/C46H30N2O2S2/c49-43(27-5-1-2-6-27)35-13-9-31-23-37(15-11-29(31)21-35)45-47-39-19-17-33(25-41(39)51-45)34-18-20-40-42(26-34)52-46(48-40)38-16-12-30-22-36(14-10-32(30)24-38)44(50)28-7-3-4-8-28/h1-5,7,9-23,25-26,38H,6,8,24H2. The summed E-state index contributed by atoms with van der Waals surface area (Å²) in [7, 11) is 0. The minimum atomic E-state index is 0.0978. The molecule has 1 atom stereocenters. The third-order valence-corrected chi connectivity index (χ3v) is 12.5. The highest BCUT2D eigenvalue weighted by Gasteiger charge is 2.22. The van der Waals surface area contributed by atoms with Gasteiger partial charge in [0.05, 0.1) is 20.4 Å². The fourth-order valence-electron chi connectivity index (χ4n) is 7.40. The average molecular weight is 707 g/mol. The van der Waals surface area contributed by atoms with Crippen LogP contribution in [0.15, 0.2) is 145 Å². The van der Waals surface area contributed by atoms with Gasteiger partial charge in [0, 0.05) is 33.8 Å². The Bertz CT molecular complexity index is 2820. The van der Waals surface area contributed by atoms with Crippen LogP contribution in [0.2, 0.25) is 0 Å². The van der Waals surface area contributed by atoms with Gasteiger partial charge in [0.25, 0.3) is 0 Å². The average Bonchev–Trinajstić information content (AvgIpc) is 4.03. The molecule has 10 rings (SSSR count). The predicted molar refractivity (Wildman–Crippen MR) is 215 cm³/mol. The number of carbonyl (C=O) groups is 2. The summed E-state index contributed by atoms with van der Waals surface area (Å²) in [5.74, 6) is 0.418. The zero-order valence-corrected chi connectivity index (χ0v) is 29.6. The fraction of sp³-hybridized carbons (Fsp3) is 0.0870. The molecule has 0 spiro atoms. The van der Waals surface area contributed by atoms with Crippen LogP contribution in [0.4, 0.5) is 0 Å². The van der Waals surface area contributed by atoms with E-state index in [1.165, 1.54) is 10.3 Å². The van der Waals surface area contributed by atoms with Gasteiger partial charge in [-0.25, -0.2) is 9.97 Å². The second kappa shape index (κ2) is 12.4. The number of benzene rings is 5. The second-order valence-corrected chi connectivity index (χ2v) is 15.7. The zero-order valence-electron chi connectivity index (χ0n) is 28.0. The summed E-state index contributed by atoms with van der Waals surface area (Å²) in [5, 5.41) is 4.23. The van der Waals surface area contributed by atoms with Crippen LogP contribution in [0, 0.1) is 0 Å². The van der Waals surface area contributed by atoms with Crippen LogP contribution in [0.1, 0.15) is 55.6 Å². The van der Waals surface area contributed by atoms with Crippen LogP contribution in [0.5, 0.6) is 0 Å². The Morgan fingerprint density at radius 1 is 0.615 bits per heavy atom. The van der Waals surface area contributed by atoms with Gasteiger partial charge in [0.2, 0.25) is 0 Å². The molecule has 0 radical (unpaired) electrons. The number of nitrogens with zero attached hydrogens (tertiary/aromatic N) is 2. The minimum absolute atomic E-state index is 0.0978. The normalized spacial score (nSPS) is 16.2. The SMILES string of the molecule is O=C(C1=CC=CC1)c1ccc2c(c1)C=CC(c1nc3ccc(-c4ccc5nc(-c6ccc7cc(C(=O)C8=CC=CC8)ccc7c6)sc5c4)cc3s1)C2. The molecule has 0 fully saturated rings. The van der Waals surface area contributed by atoms with E-state index in [2.05, 4.69) is 72.8 Å². The summed E-state index contributed by atoms with van der Waals surface area (Å²) in [6.07, 6.45) is 18.4. The molecule has 52 heavy (non-hydrogen) atoms. The molecule has 0 aliphatic heterocycles. The molecule has 0 saturated carbocycles. The van der Waals surface area contributed by atoms with Gasteiger partial charge in [0.1, 0.15) is 10.0 Å². The maximum atomic E-state index is 12.9. The van der Waals surface area contributed by atoms with Crippen LogP contribution in [0.25, 0.3) is 59.0 Å². The molecule has 3 aliphatic carbocycles. The molecule has 248 valence electrons. The molecule has 0 saturated heterocycles. The lowest BCUT2D eigenvalue weighted by molar-refractivity contribution is 0.102. The van der Waals surface area contributed by atoms with Gasteiger partial charge in [-0.15, -0.1) is 22.7 Å². The van der Waals surface area contributed by atoms with E-state index >= 15 is 0 Å². The van der Waals surface area contributed by atoms with Crippen molar-refractivity contribution in [2.24, 2.45) is 0 Å². The molecule has 0 N–H and O–H groups in total. The van der Waals surface area contributed by atoms with Crippen molar-refractivity contribution in [3.05, 3.63) is 172 Å². The van der Waals surface area contributed by atoms with E-state index in [0.717, 1.165) is 87.5 Å². The zero-order chi connectivity index (χ0) is 34.8. The summed E-state index contributed by atoms with van der Waals surface area (Å²) in [6, 6.07) is 31.5. The maximum Gasteiger partial charge on any atom is 0.189 e. The predicted octanol–water partition coefficient (Wildman–Crippen LogP) is 11.9. The largest absolute Gasteiger partial charge is 0.289 e. The molecule has 6 heteroatoms. The third kappa shape index (κ3) is 5.52. The number of ketones is 2. The van der Waals surface area contributed by atoms with Crippen LogP contribution in [0.3, 0.4) is 0 Å². The number of thiazole rings is 2. The van der Waals surface area contributed by atoms with E-state index in [4.69, 9.17) is 9.97 Å². The van der Waals surface area contributed by atoms with Crippen molar-refractivity contribution in [1.29, 1.82) is 0 Å². The quantitative estimate of drug-likeness (QED) is 0.155.